The summed E-state index contributed by atoms with van der Waals surface area (Å²) in [6.45, 7) is 7.45. The SMILES string of the molecule is CC(C)OCCCNC1CCCC1C1CCCCN1. The van der Waals surface area contributed by atoms with E-state index in [1.165, 1.54) is 45.1 Å². The molecule has 1 saturated carbocycles. The van der Waals surface area contributed by atoms with Crippen molar-refractivity contribution in [2.24, 2.45) is 5.92 Å². The molecular weight excluding hydrogens is 236 g/mol. The van der Waals surface area contributed by atoms with Crippen molar-refractivity contribution in [3.8, 4) is 0 Å². The maximum atomic E-state index is 5.60. The van der Waals surface area contributed by atoms with Gasteiger partial charge in [0.1, 0.15) is 0 Å². The third-order valence-electron chi connectivity index (χ3n) is 4.61. The lowest BCUT2D eigenvalue weighted by atomic mass is 9.88. The highest BCUT2D eigenvalue weighted by Crippen LogP contribution is 2.31. The maximum Gasteiger partial charge on any atom is 0.0518 e. The number of hydrogen-bond donors (Lipinski definition) is 2. The van der Waals surface area contributed by atoms with Gasteiger partial charge in [-0.25, -0.2) is 0 Å². The largest absolute Gasteiger partial charge is 0.379 e. The van der Waals surface area contributed by atoms with Gasteiger partial charge in [-0.1, -0.05) is 12.8 Å². The smallest absolute Gasteiger partial charge is 0.0518 e. The maximum absolute atomic E-state index is 5.60. The van der Waals surface area contributed by atoms with Crippen molar-refractivity contribution in [1.29, 1.82) is 0 Å². The Morgan fingerprint density at radius 2 is 2.05 bits per heavy atom. The second-order valence-corrected chi connectivity index (χ2v) is 6.48. The van der Waals surface area contributed by atoms with Crippen molar-refractivity contribution in [3.63, 3.8) is 0 Å². The van der Waals surface area contributed by atoms with Crippen LogP contribution in [0.15, 0.2) is 0 Å². The molecule has 3 unspecified atom stereocenters. The topological polar surface area (TPSA) is 33.3 Å². The molecule has 112 valence electrons. The number of piperidine rings is 1. The van der Waals surface area contributed by atoms with Crippen LogP contribution in [-0.4, -0.2) is 37.9 Å². The molecule has 19 heavy (non-hydrogen) atoms. The van der Waals surface area contributed by atoms with E-state index in [4.69, 9.17) is 4.74 Å². The lowest BCUT2D eigenvalue weighted by Gasteiger charge is -2.33. The highest BCUT2D eigenvalue weighted by Gasteiger charge is 2.33. The van der Waals surface area contributed by atoms with Gasteiger partial charge < -0.3 is 15.4 Å². The standard InChI is InChI=1S/C16H32N2O/c1-13(2)19-12-6-11-18-16-9-5-7-14(16)15-8-3-4-10-17-15/h13-18H,3-12H2,1-2H3. The summed E-state index contributed by atoms with van der Waals surface area (Å²) in [6.07, 6.45) is 9.87. The van der Waals surface area contributed by atoms with Crippen LogP contribution < -0.4 is 10.6 Å². The van der Waals surface area contributed by atoms with Gasteiger partial charge in [0.15, 0.2) is 0 Å². The Labute approximate surface area is 118 Å². The molecule has 1 aliphatic carbocycles. The minimum absolute atomic E-state index is 0.366. The molecule has 0 bridgehead atoms. The van der Waals surface area contributed by atoms with Crippen molar-refractivity contribution in [1.82, 2.24) is 10.6 Å². The second-order valence-electron chi connectivity index (χ2n) is 6.48. The van der Waals surface area contributed by atoms with E-state index in [2.05, 4.69) is 24.5 Å². The third kappa shape index (κ3) is 5.05. The lowest BCUT2D eigenvalue weighted by molar-refractivity contribution is 0.0763. The zero-order valence-electron chi connectivity index (χ0n) is 12.8. The van der Waals surface area contributed by atoms with Crippen LogP contribution in [0, 0.1) is 5.92 Å². The van der Waals surface area contributed by atoms with Crippen molar-refractivity contribution in [3.05, 3.63) is 0 Å². The fraction of sp³-hybridized carbons (Fsp3) is 1.00. The predicted octanol–water partition coefficient (Wildman–Crippen LogP) is 2.70. The van der Waals surface area contributed by atoms with Crippen LogP contribution in [0.5, 0.6) is 0 Å². The van der Waals surface area contributed by atoms with E-state index in [0.29, 0.717) is 6.10 Å². The van der Waals surface area contributed by atoms with Crippen LogP contribution >= 0.6 is 0 Å². The molecule has 0 aromatic carbocycles. The van der Waals surface area contributed by atoms with E-state index in [9.17, 15) is 0 Å². The molecule has 2 aliphatic rings. The van der Waals surface area contributed by atoms with Gasteiger partial charge in [0.25, 0.3) is 0 Å². The number of hydrogen-bond acceptors (Lipinski definition) is 3. The van der Waals surface area contributed by atoms with Crippen LogP contribution in [0.2, 0.25) is 0 Å². The van der Waals surface area contributed by atoms with Gasteiger partial charge in [0, 0.05) is 18.7 Å². The first-order valence-electron chi connectivity index (χ1n) is 8.35. The summed E-state index contributed by atoms with van der Waals surface area (Å²) in [4.78, 5) is 0. The van der Waals surface area contributed by atoms with Crippen LogP contribution in [0.1, 0.15) is 58.8 Å². The second kappa shape index (κ2) is 8.23. The minimum Gasteiger partial charge on any atom is -0.379 e. The molecule has 2 fully saturated rings. The van der Waals surface area contributed by atoms with Crippen LogP contribution in [0.25, 0.3) is 0 Å². The molecule has 1 heterocycles. The van der Waals surface area contributed by atoms with Gasteiger partial charge in [-0.15, -0.1) is 0 Å². The molecule has 1 aliphatic heterocycles. The highest BCUT2D eigenvalue weighted by atomic mass is 16.5. The third-order valence-corrected chi connectivity index (χ3v) is 4.61. The molecule has 0 aromatic heterocycles. The summed E-state index contributed by atoms with van der Waals surface area (Å²) in [5.41, 5.74) is 0. The molecule has 1 saturated heterocycles. The zero-order valence-corrected chi connectivity index (χ0v) is 12.8. The van der Waals surface area contributed by atoms with Crippen LogP contribution in [0.4, 0.5) is 0 Å². The summed E-state index contributed by atoms with van der Waals surface area (Å²) >= 11 is 0. The molecule has 0 spiro atoms. The normalized spacial score (nSPS) is 32.1. The molecule has 3 nitrogen and oxygen atoms in total. The predicted molar refractivity (Wildman–Crippen MR) is 80.5 cm³/mol. The summed E-state index contributed by atoms with van der Waals surface area (Å²) < 4.78 is 5.60. The molecule has 3 heteroatoms. The Kier molecular flexibility index (Phi) is 6.62. The minimum atomic E-state index is 0.366. The van der Waals surface area contributed by atoms with Gasteiger partial charge in [-0.2, -0.15) is 0 Å². The van der Waals surface area contributed by atoms with E-state index in [1.54, 1.807) is 0 Å². The Balaban J connectivity index is 1.64. The molecule has 0 radical (unpaired) electrons. The molecule has 0 amide bonds. The van der Waals surface area contributed by atoms with Crippen molar-refractivity contribution >= 4 is 0 Å². The van der Waals surface area contributed by atoms with E-state index in [0.717, 1.165) is 37.6 Å². The zero-order chi connectivity index (χ0) is 13.5. The first kappa shape index (κ1) is 15.3. The Morgan fingerprint density at radius 3 is 2.79 bits per heavy atom. The molecule has 2 rings (SSSR count). The summed E-state index contributed by atoms with van der Waals surface area (Å²) in [6, 6.07) is 1.52. The summed E-state index contributed by atoms with van der Waals surface area (Å²) in [5, 5.41) is 7.53. The number of ether oxygens (including phenoxy) is 1. The quantitative estimate of drug-likeness (QED) is 0.697. The number of nitrogens with one attached hydrogen (secondary N) is 2. The van der Waals surface area contributed by atoms with Crippen molar-refractivity contribution in [2.45, 2.75) is 77.0 Å². The highest BCUT2D eigenvalue weighted by molar-refractivity contribution is 4.92. The molecule has 2 N–H and O–H groups in total. The Hall–Kier alpha value is -0.120. The summed E-state index contributed by atoms with van der Waals surface area (Å²) in [7, 11) is 0. The van der Waals surface area contributed by atoms with E-state index >= 15 is 0 Å². The van der Waals surface area contributed by atoms with Gasteiger partial charge in [0.05, 0.1) is 6.10 Å². The van der Waals surface area contributed by atoms with E-state index in [1.807, 2.05) is 0 Å². The first-order chi connectivity index (χ1) is 9.27. The molecule has 0 aromatic rings. The van der Waals surface area contributed by atoms with E-state index < -0.39 is 0 Å². The van der Waals surface area contributed by atoms with E-state index in [-0.39, 0.29) is 0 Å². The Morgan fingerprint density at radius 1 is 1.16 bits per heavy atom. The first-order valence-corrected chi connectivity index (χ1v) is 8.35. The Bertz CT molecular complexity index is 239. The van der Waals surface area contributed by atoms with Gasteiger partial charge in [-0.3, -0.25) is 0 Å². The van der Waals surface area contributed by atoms with Crippen molar-refractivity contribution < 1.29 is 4.74 Å². The average molecular weight is 268 g/mol. The van der Waals surface area contributed by atoms with Crippen LogP contribution in [-0.2, 0) is 4.74 Å². The fourth-order valence-corrected chi connectivity index (χ4v) is 3.65. The monoisotopic (exact) mass is 268 g/mol. The molecular formula is C16H32N2O. The number of rotatable bonds is 7. The lowest BCUT2D eigenvalue weighted by Crippen LogP contribution is -2.47. The van der Waals surface area contributed by atoms with Gasteiger partial charge in [0.2, 0.25) is 0 Å². The fourth-order valence-electron chi connectivity index (χ4n) is 3.65. The average Bonchev–Trinajstić information content (AvgIpc) is 2.87. The van der Waals surface area contributed by atoms with Gasteiger partial charge >= 0.3 is 0 Å². The molecule has 3 atom stereocenters. The summed E-state index contributed by atoms with van der Waals surface area (Å²) in [5.74, 6) is 0.867. The van der Waals surface area contributed by atoms with Gasteiger partial charge in [-0.05, 0) is 65.0 Å². The van der Waals surface area contributed by atoms with Crippen molar-refractivity contribution in [2.75, 3.05) is 19.7 Å². The van der Waals surface area contributed by atoms with Crippen LogP contribution in [0.3, 0.4) is 0 Å².